The molecule has 2 aromatic rings. The van der Waals surface area contributed by atoms with Crippen LogP contribution in [-0.4, -0.2) is 15.5 Å². The number of hydrogen-bond acceptors (Lipinski definition) is 3. The van der Waals surface area contributed by atoms with E-state index in [1.165, 1.54) is 30.8 Å². The Kier molecular flexibility index (Phi) is 5.41. The molecule has 1 N–H and O–H groups in total. The average molecular weight is 339 g/mol. The van der Waals surface area contributed by atoms with Crippen molar-refractivity contribution in [2.45, 2.75) is 43.2 Å². The van der Waals surface area contributed by atoms with Crippen LogP contribution in [0.2, 0.25) is 0 Å². The van der Waals surface area contributed by atoms with Crippen LogP contribution in [0.15, 0.2) is 28.1 Å². The molecule has 0 aliphatic heterocycles. The van der Waals surface area contributed by atoms with Gasteiger partial charge in [0, 0.05) is 24.9 Å². The van der Waals surface area contributed by atoms with E-state index >= 15 is 0 Å². The van der Waals surface area contributed by atoms with Gasteiger partial charge >= 0.3 is 0 Å². The maximum atomic E-state index is 13.4. The molecule has 23 heavy (non-hydrogen) atoms. The van der Waals surface area contributed by atoms with Gasteiger partial charge in [-0.2, -0.15) is 0 Å². The van der Waals surface area contributed by atoms with Crippen molar-refractivity contribution in [1.29, 1.82) is 0 Å². The van der Waals surface area contributed by atoms with E-state index in [0.29, 0.717) is 17.3 Å². The van der Waals surface area contributed by atoms with E-state index < -0.39 is 11.6 Å². The van der Waals surface area contributed by atoms with Crippen LogP contribution in [-0.2, 0) is 18.4 Å². The summed E-state index contributed by atoms with van der Waals surface area (Å²) in [6, 6.07) is 3.43. The molecule has 1 amide bonds. The molecular formula is C16H19F2N3OS. The minimum Gasteiger partial charge on any atom is -0.349 e. The van der Waals surface area contributed by atoms with Crippen LogP contribution in [0.4, 0.5) is 8.78 Å². The molecule has 0 saturated heterocycles. The van der Waals surface area contributed by atoms with Crippen molar-refractivity contribution < 1.29 is 13.6 Å². The van der Waals surface area contributed by atoms with Crippen molar-refractivity contribution >= 4 is 17.7 Å². The Balaban J connectivity index is 2.37. The summed E-state index contributed by atoms with van der Waals surface area (Å²) in [5.41, 5.74) is 0.836. The molecule has 0 spiro atoms. The lowest BCUT2D eigenvalue weighted by molar-refractivity contribution is -0.119. The Morgan fingerprint density at radius 1 is 1.30 bits per heavy atom. The van der Waals surface area contributed by atoms with Gasteiger partial charge in [0.1, 0.15) is 22.5 Å². The van der Waals surface area contributed by atoms with Crippen molar-refractivity contribution in [3.63, 3.8) is 0 Å². The summed E-state index contributed by atoms with van der Waals surface area (Å²) in [6.45, 7) is 5.75. The number of nitrogens with one attached hydrogen (secondary N) is 1. The van der Waals surface area contributed by atoms with Crippen LogP contribution in [0.3, 0.4) is 0 Å². The number of rotatable bonds is 5. The number of carbonyl (C=O) groups excluding carboxylic acids is 1. The number of benzene rings is 1. The van der Waals surface area contributed by atoms with Crippen LogP contribution in [0.1, 0.15) is 38.2 Å². The predicted molar refractivity (Wildman–Crippen MR) is 85.3 cm³/mol. The molecule has 0 radical (unpaired) electrons. The summed E-state index contributed by atoms with van der Waals surface area (Å²) < 4.78 is 28.6. The molecule has 0 aliphatic carbocycles. The van der Waals surface area contributed by atoms with E-state index in [9.17, 15) is 13.6 Å². The van der Waals surface area contributed by atoms with Crippen molar-refractivity contribution in [2.75, 3.05) is 0 Å². The first-order chi connectivity index (χ1) is 10.8. The molecule has 124 valence electrons. The lowest BCUT2D eigenvalue weighted by Gasteiger charge is -2.09. The van der Waals surface area contributed by atoms with Gasteiger partial charge in [-0.1, -0.05) is 25.6 Å². The molecule has 0 atom stereocenters. The number of amides is 1. The van der Waals surface area contributed by atoms with Gasteiger partial charge in [-0.15, -0.1) is 0 Å². The van der Waals surface area contributed by atoms with Crippen molar-refractivity contribution in [3.05, 3.63) is 41.4 Å². The summed E-state index contributed by atoms with van der Waals surface area (Å²) in [7, 11) is 1.83. The van der Waals surface area contributed by atoms with Gasteiger partial charge in [0.15, 0.2) is 0 Å². The molecule has 1 heterocycles. The normalized spacial score (nSPS) is 11.1. The van der Waals surface area contributed by atoms with Crippen LogP contribution in [0.5, 0.6) is 0 Å². The second-order valence-electron chi connectivity index (χ2n) is 5.55. The molecule has 1 aromatic heterocycles. The monoisotopic (exact) mass is 339 g/mol. The van der Waals surface area contributed by atoms with E-state index in [-0.39, 0.29) is 11.8 Å². The molecule has 0 unspecified atom stereocenters. The van der Waals surface area contributed by atoms with Gasteiger partial charge in [0.25, 0.3) is 0 Å². The maximum Gasteiger partial charge on any atom is 0.217 e. The van der Waals surface area contributed by atoms with E-state index in [1.54, 1.807) is 0 Å². The number of imidazole rings is 1. The Morgan fingerprint density at radius 2 is 1.91 bits per heavy atom. The van der Waals surface area contributed by atoms with E-state index in [2.05, 4.69) is 10.3 Å². The Hall–Kier alpha value is -1.89. The zero-order chi connectivity index (χ0) is 17.1. The molecule has 0 aliphatic rings. The first-order valence-electron chi connectivity index (χ1n) is 7.21. The number of carbonyl (C=O) groups is 1. The molecular weight excluding hydrogens is 320 g/mol. The molecule has 2 rings (SSSR count). The Bertz CT molecular complexity index is 708. The Morgan fingerprint density at radius 3 is 2.43 bits per heavy atom. The number of nitrogens with zero attached hydrogens (tertiary/aromatic N) is 2. The van der Waals surface area contributed by atoms with Crippen LogP contribution >= 0.6 is 11.8 Å². The topological polar surface area (TPSA) is 46.9 Å². The fourth-order valence-electron chi connectivity index (χ4n) is 2.11. The fraction of sp³-hybridized carbons (Fsp3) is 0.375. The summed E-state index contributed by atoms with van der Waals surface area (Å²) >= 11 is 1.26. The molecule has 0 saturated carbocycles. The van der Waals surface area contributed by atoms with Gasteiger partial charge in [0.2, 0.25) is 5.91 Å². The second-order valence-corrected chi connectivity index (χ2v) is 6.61. The highest BCUT2D eigenvalue weighted by Crippen LogP contribution is 2.34. The molecule has 4 nitrogen and oxygen atoms in total. The average Bonchev–Trinajstić information content (AvgIpc) is 2.73. The van der Waals surface area contributed by atoms with Crippen molar-refractivity contribution in [3.8, 4) is 0 Å². The molecule has 0 bridgehead atoms. The van der Waals surface area contributed by atoms with Crippen LogP contribution < -0.4 is 5.32 Å². The van der Waals surface area contributed by atoms with Crippen molar-refractivity contribution in [1.82, 2.24) is 14.9 Å². The van der Waals surface area contributed by atoms with Crippen LogP contribution in [0, 0.1) is 11.6 Å². The summed E-state index contributed by atoms with van der Waals surface area (Å²) in [4.78, 5) is 16.1. The highest BCUT2D eigenvalue weighted by molar-refractivity contribution is 7.99. The third-order valence-electron chi connectivity index (χ3n) is 3.25. The summed E-state index contributed by atoms with van der Waals surface area (Å²) in [5, 5.41) is 3.52. The number of aromatic nitrogens is 2. The molecule has 0 fully saturated rings. The largest absolute Gasteiger partial charge is 0.349 e. The van der Waals surface area contributed by atoms with Gasteiger partial charge < -0.3 is 9.88 Å². The minimum absolute atomic E-state index is 0.138. The summed E-state index contributed by atoms with van der Waals surface area (Å²) in [6.07, 6.45) is 0. The quantitative estimate of drug-likeness (QED) is 0.905. The first-order valence-corrected chi connectivity index (χ1v) is 8.03. The minimum atomic E-state index is -0.612. The number of hydrogen-bond donors (Lipinski definition) is 1. The second kappa shape index (κ2) is 7.12. The van der Waals surface area contributed by atoms with Crippen molar-refractivity contribution in [2.24, 2.45) is 7.05 Å². The lowest BCUT2D eigenvalue weighted by Crippen LogP contribution is -2.21. The first kappa shape index (κ1) is 17.5. The zero-order valence-electron chi connectivity index (χ0n) is 13.5. The van der Waals surface area contributed by atoms with E-state index in [4.69, 9.17) is 0 Å². The van der Waals surface area contributed by atoms with E-state index in [0.717, 1.165) is 16.8 Å². The Labute approximate surface area is 138 Å². The third-order valence-corrected chi connectivity index (χ3v) is 4.40. The lowest BCUT2D eigenvalue weighted by atomic mass is 10.2. The van der Waals surface area contributed by atoms with Gasteiger partial charge in [0.05, 0.1) is 12.2 Å². The SMILES string of the molecule is CC(=O)NCc1nc(C(C)C)c(Sc2cc(F)cc(F)c2)n1C. The van der Waals surface area contributed by atoms with Gasteiger partial charge in [-0.25, -0.2) is 13.8 Å². The number of halogens is 2. The summed E-state index contributed by atoms with van der Waals surface area (Å²) in [5.74, 6) is -0.518. The standard InChI is InChI=1S/C16H19F2N3OS/c1-9(2)15-16(21(4)14(20-15)8-19-10(3)22)23-13-6-11(17)5-12(18)7-13/h5-7,9H,8H2,1-4H3,(H,19,22). The van der Waals surface area contributed by atoms with Gasteiger partial charge in [-0.05, 0) is 18.1 Å². The smallest absolute Gasteiger partial charge is 0.217 e. The highest BCUT2D eigenvalue weighted by atomic mass is 32.2. The maximum absolute atomic E-state index is 13.4. The molecule has 1 aromatic carbocycles. The highest BCUT2D eigenvalue weighted by Gasteiger charge is 2.19. The van der Waals surface area contributed by atoms with E-state index in [1.807, 2.05) is 25.5 Å². The third kappa shape index (κ3) is 4.31. The van der Waals surface area contributed by atoms with Gasteiger partial charge in [-0.3, -0.25) is 4.79 Å². The predicted octanol–water partition coefficient (Wildman–Crippen LogP) is 3.61. The fourth-order valence-corrected chi connectivity index (χ4v) is 3.30. The van der Waals surface area contributed by atoms with Crippen LogP contribution in [0.25, 0.3) is 0 Å². The zero-order valence-corrected chi connectivity index (χ0v) is 14.3. The molecule has 7 heteroatoms.